The number of fused-ring (bicyclic) bond motifs is 1. The number of aromatic nitrogens is 3. The van der Waals surface area contributed by atoms with Gasteiger partial charge in [-0.3, -0.25) is 4.79 Å². The SMILES string of the molecule is C=C/C(=C\c1ccccc1C)c1cnn2c(N)cc(CCCCCC(=O)O)nc12. The second kappa shape index (κ2) is 9.19. The first-order valence-electron chi connectivity index (χ1n) is 9.74. The molecule has 0 bridgehead atoms. The maximum Gasteiger partial charge on any atom is 0.303 e. The predicted octanol–water partition coefficient (Wildman–Crippen LogP) is 4.53. The maximum atomic E-state index is 10.6. The smallest absolute Gasteiger partial charge is 0.303 e. The van der Waals surface area contributed by atoms with E-state index in [1.165, 1.54) is 5.56 Å². The third-order valence-corrected chi connectivity index (χ3v) is 4.91. The highest BCUT2D eigenvalue weighted by Gasteiger charge is 2.13. The predicted molar refractivity (Wildman–Crippen MR) is 116 cm³/mol. The molecular weight excluding hydrogens is 364 g/mol. The highest BCUT2D eigenvalue weighted by molar-refractivity contribution is 5.92. The van der Waals surface area contributed by atoms with Gasteiger partial charge in [-0.25, -0.2) is 4.98 Å². The van der Waals surface area contributed by atoms with E-state index < -0.39 is 5.97 Å². The molecule has 0 saturated carbocycles. The molecule has 0 aliphatic rings. The molecule has 0 spiro atoms. The minimum atomic E-state index is -0.755. The number of aliphatic carboxylic acids is 1. The van der Waals surface area contributed by atoms with E-state index in [-0.39, 0.29) is 6.42 Å². The number of nitrogens with zero attached hydrogens (tertiary/aromatic N) is 3. The number of benzene rings is 1. The molecule has 3 aromatic rings. The molecule has 29 heavy (non-hydrogen) atoms. The van der Waals surface area contributed by atoms with Gasteiger partial charge in [-0.1, -0.05) is 43.3 Å². The first kappa shape index (κ1) is 20.3. The fraction of sp³-hybridized carbons (Fsp3) is 0.261. The molecule has 6 heteroatoms. The molecule has 1 aromatic carbocycles. The first-order chi connectivity index (χ1) is 14.0. The van der Waals surface area contributed by atoms with E-state index in [9.17, 15) is 4.79 Å². The van der Waals surface area contributed by atoms with E-state index in [0.29, 0.717) is 17.9 Å². The van der Waals surface area contributed by atoms with Crippen molar-refractivity contribution in [3.05, 3.63) is 71.6 Å². The van der Waals surface area contributed by atoms with Crippen LogP contribution in [0.1, 0.15) is 48.1 Å². The number of nitrogens with two attached hydrogens (primary N) is 1. The number of carbonyl (C=O) groups is 1. The van der Waals surface area contributed by atoms with Crippen molar-refractivity contribution in [1.29, 1.82) is 0 Å². The summed E-state index contributed by atoms with van der Waals surface area (Å²) in [6, 6.07) is 9.99. The lowest BCUT2D eigenvalue weighted by atomic mass is 10.0. The van der Waals surface area contributed by atoms with E-state index in [1.54, 1.807) is 16.8 Å². The van der Waals surface area contributed by atoms with Crippen molar-refractivity contribution in [2.75, 3.05) is 5.73 Å². The summed E-state index contributed by atoms with van der Waals surface area (Å²) in [5.41, 5.74) is 11.9. The summed E-state index contributed by atoms with van der Waals surface area (Å²) in [6.07, 6.45) is 8.98. The molecule has 3 rings (SSSR count). The van der Waals surface area contributed by atoms with E-state index in [1.807, 2.05) is 18.2 Å². The molecular formula is C23H26N4O2. The molecule has 2 heterocycles. The Kier molecular flexibility index (Phi) is 6.44. The van der Waals surface area contributed by atoms with Gasteiger partial charge in [-0.15, -0.1) is 0 Å². The monoisotopic (exact) mass is 390 g/mol. The van der Waals surface area contributed by atoms with E-state index >= 15 is 0 Å². The van der Waals surface area contributed by atoms with Gasteiger partial charge in [-0.05, 0) is 49.0 Å². The lowest BCUT2D eigenvalue weighted by Crippen LogP contribution is -2.04. The minimum Gasteiger partial charge on any atom is -0.481 e. The van der Waals surface area contributed by atoms with Crippen LogP contribution in [0.2, 0.25) is 0 Å². The van der Waals surface area contributed by atoms with Crippen LogP contribution in [0.25, 0.3) is 17.3 Å². The number of hydrogen-bond donors (Lipinski definition) is 2. The van der Waals surface area contributed by atoms with Gasteiger partial charge in [0.1, 0.15) is 5.82 Å². The molecule has 3 N–H and O–H groups in total. The van der Waals surface area contributed by atoms with Gasteiger partial charge in [0.2, 0.25) is 0 Å². The summed E-state index contributed by atoms with van der Waals surface area (Å²) in [5.74, 6) is -0.226. The molecule has 0 aliphatic heterocycles. The molecule has 0 radical (unpaired) electrons. The van der Waals surface area contributed by atoms with Gasteiger partial charge in [0.15, 0.2) is 5.65 Å². The van der Waals surface area contributed by atoms with Gasteiger partial charge in [0.25, 0.3) is 0 Å². The van der Waals surface area contributed by atoms with E-state index in [4.69, 9.17) is 15.8 Å². The Hall–Kier alpha value is -3.41. The Morgan fingerprint density at radius 3 is 2.79 bits per heavy atom. The van der Waals surface area contributed by atoms with Crippen LogP contribution < -0.4 is 5.73 Å². The Bertz CT molecular complexity index is 1070. The zero-order valence-corrected chi connectivity index (χ0v) is 16.6. The number of rotatable bonds is 9. The van der Waals surface area contributed by atoms with Gasteiger partial charge in [-0.2, -0.15) is 9.61 Å². The van der Waals surface area contributed by atoms with Crippen LogP contribution in [0.4, 0.5) is 5.82 Å². The molecule has 150 valence electrons. The Labute approximate surface area is 170 Å². The molecule has 0 unspecified atom stereocenters. The molecule has 6 nitrogen and oxygen atoms in total. The zero-order chi connectivity index (χ0) is 20.8. The number of hydrogen-bond acceptors (Lipinski definition) is 4. The van der Waals surface area contributed by atoms with Crippen LogP contribution in [0.5, 0.6) is 0 Å². The molecule has 0 fully saturated rings. The number of aryl methyl sites for hydroxylation is 2. The Morgan fingerprint density at radius 1 is 1.28 bits per heavy atom. The number of anilines is 1. The summed E-state index contributed by atoms with van der Waals surface area (Å²) in [4.78, 5) is 15.4. The number of unbranched alkanes of at least 4 members (excludes halogenated alkanes) is 2. The van der Waals surface area contributed by atoms with E-state index in [2.05, 4.69) is 36.8 Å². The van der Waals surface area contributed by atoms with Crippen LogP contribution in [0.15, 0.2) is 49.2 Å². The fourth-order valence-electron chi connectivity index (χ4n) is 3.29. The second-order valence-corrected chi connectivity index (χ2v) is 7.08. The Balaban J connectivity index is 1.88. The van der Waals surface area contributed by atoms with Crippen LogP contribution in [0, 0.1) is 6.92 Å². The normalized spacial score (nSPS) is 11.7. The second-order valence-electron chi connectivity index (χ2n) is 7.08. The number of nitrogen functional groups attached to an aromatic ring is 1. The first-order valence-corrected chi connectivity index (χ1v) is 9.74. The van der Waals surface area contributed by atoms with Crippen molar-refractivity contribution in [1.82, 2.24) is 14.6 Å². The third-order valence-electron chi connectivity index (χ3n) is 4.91. The molecule has 2 aromatic heterocycles. The number of carboxylic acid groups (broad SMARTS) is 1. The summed E-state index contributed by atoms with van der Waals surface area (Å²) >= 11 is 0. The fourth-order valence-corrected chi connectivity index (χ4v) is 3.29. The highest BCUT2D eigenvalue weighted by atomic mass is 16.4. The van der Waals surface area contributed by atoms with Crippen LogP contribution >= 0.6 is 0 Å². The quantitative estimate of drug-likeness (QED) is 0.413. The van der Waals surface area contributed by atoms with E-state index in [0.717, 1.165) is 41.7 Å². The largest absolute Gasteiger partial charge is 0.481 e. The summed E-state index contributed by atoms with van der Waals surface area (Å²) in [5, 5.41) is 13.1. The van der Waals surface area contributed by atoms with Gasteiger partial charge >= 0.3 is 5.97 Å². The van der Waals surface area contributed by atoms with Crippen LogP contribution in [0.3, 0.4) is 0 Å². The lowest BCUT2D eigenvalue weighted by molar-refractivity contribution is -0.137. The number of allylic oxidation sites excluding steroid dienone is 2. The van der Waals surface area contributed by atoms with Crippen LogP contribution in [-0.4, -0.2) is 25.7 Å². The van der Waals surface area contributed by atoms with Gasteiger partial charge in [0.05, 0.1) is 6.20 Å². The summed E-state index contributed by atoms with van der Waals surface area (Å²) in [6.45, 7) is 6.04. The zero-order valence-electron chi connectivity index (χ0n) is 16.6. The van der Waals surface area contributed by atoms with Gasteiger partial charge < -0.3 is 10.8 Å². The van der Waals surface area contributed by atoms with Crippen molar-refractivity contribution < 1.29 is 9.90 Å². The average Bonchev–Trinajstić information content (AvgIpc) is 3.11. The average molecular weight is 390 g/mol. The van der Waals surface area contributed by atoms with Crippen molar-refractivity contribution >= 4 is 29.1 Å². The van der Waals surface area contributed by atoms with Crippen molar-refractivity contribution in [3.63, 3.8) is 0 Å². The third kappa shape index (κ3) is 4.90. The molecule has 0 aliphatic carbocycles. The highest BCUT2D eigenvalue weighted by Crippen LogP contribution is 2.25. The minimum absolute atomic E-state index is 0.202. The maximum absolute atomic E-state index is 10.6. The Morgan fingerprint density at radius 2 is 2.07 bits per heavy atom. The van der Waals surface area contributed by atoms with Crippen molar-refractivity contribution in [3.8, 4) is 0 Å². The molecule has 0 saturated heterocycles. The summed E-state index contributed by atoms with van der Waals surface area (Å²) in [7, 11) is 0. The van der Waals surface area contributed by atoms with Crippen LogP contribution in [-0.2, 0) is 11.2 Å². The number of carboxylic acids is 1. The lowest BCUT2D eigenvalue weighted by Gasteiger charge is -2.07. The van der Waals surface area contributed by atoms with Crippen molar-refractivity contribution in [2.45, 2.75) is 39.0 Å². The molecule has 0 amide bonds. The van der Waals surface area contributed by atoms with Crippen molar-refractivity contribution in [2.24, 2.45) is 0 Å². The standard InChI is InChI=1S/C23H26N4O2/c1-3-17(13-18-10-8-7-9-16(18)2)20-15-25-27-21(24)14-19(26-23(20)27)11-5-4-6-12-22(28)29/h3,7-10,13-15H,1,4-6,11-12,24H2,2H3,(H,28,29)/b17-13+. The molecule has 0 atom stereocenters. The van der Waals surface area contributed by atoms with Gasteiger partial charge in [0, 0.05) is 23.7 Å². The summed E-state index contributed by atoms with van der Waals surface area (Å²) < 4.78 is 1.64. The topological polar surface area (TPSA) is 93.5 Å².